The van der Waals surface area contributed by atoms with Crippen LogP contribution in [0.4, 0.5) is 11.8 Å². The summed E-state index contributed by atoms with van der Waals surface area (Å²) >= 11 is 0. The van der Waals surface area contributed by atoms with Crippen molar-refractivity contribution in [1.82, 2.24) is 30.1 Å². The molecule has 8 heteroatoms. The molecule has 102 valence electrons. The lowest BCUT2D eigenvalue weighted by Gasteiger charge is -2.08. The molecule has 8 nitrogen and oxygen atoms in total. The van der Waals surface area contributed by atoms with Gasteiger partial charge in [-0.2, -0.15) is 20.2 Å². The molecule has 3 heterocycles. The van der Waals surface area contributed by atoms with E-state index in [-0.39, 0.29) is 0 Å². The average molecular weight is 270 g/mol. The number of nitrogens with zero attached hydrogens (tertiary/aromatic N) is 5. The Hall–Kier alpha value is -2.77. The van der Waals surface area contributed by atoms with E-state index in [0.717, 1.165) is 17.8 Å². The molecular weight excluding hydrogens is 256 g/mol. The summed E-state index contributed by atoms with van der Waals surface area (Å²) in [6.45, 7) is 3.27. The number of H-pyrrole nitrogens is 1. The van der Waals surface area contributed by atoms with Crippen molar-refractivity contribution in [2.45, 2.75) is 13.5 Å². The van der Waals surface area contributed by atoms with Crippen LogP contribution >= 0.6 is 0 Å². The van der Waals surface area contributed by atoms with Crippen LogP contribution in [-0.2, 0) is 6.54 Å². The zero-order valence-electron chi connectivity index (χ0n) is 11.0. The highest BCUT2D eigenvalue weighted by Crippen LogP contribution is 2.18. The first kappa shape index (κ1) is 12.3. The minimum atomic E-state index is 0.532. The third-order valence-corrected chi connectivity index (χ3v) is 2.69. The van der Waals surface area contributed by atoms with Gasteiger partial charge in [0.2, 0.25) is 5.95 Å². The summed E-state index contributed by atoms with van der Waals surface area (Å²) in [5, 5.41) is 14.2. The second-order valence-electron chi connectivity index (χ2n) is 4.10. The van der Waals surface area contributed by atoms with Gasteiger partial charge in [-0.15, -0.1) is 0 Å². The molecular formula is C12H14N8. The standard InChI is InChI=1S/C12H14N8/c1-2-13-12-18-10(9-11(19-12)16-7-15-9)14-6-8-4-3-5-17-20-8/h3-5,7H,2,6H2,1H3,(H3,13,14,15,16,18,19). The Labute approximate surface area is 115 Å². The molecule has 0 unspecified atom stereocenters. The van der Waals surface area contributed by atoms with Gasteiger partial charge in [0.25, 0.3) is 0 Å². The van der Waals surface area contributed by atoms with E-state index in [4.69, 9.17) is 0 Å². The van der Waals surface area contributed by atoms with E-state index in [9.17, 15) is 0 Å². The highest BCUT2D eigenvalue weighted by Gasteiger charge is 2.09. The molecule has 3 rings (SSSR count). The van der Waals surface area contributed by atoms with Crippen LogP contribution in [0.3, 0.4) is 0 Å². The molecule has 0 saturated carbocycles. The molecule has 0 saturated heterocycles. The highest BCUT2D eigenvalue weighted by molar-refractivity contribution is 5.83. The van der Waals surface area contributed by atoms with Crippen LogP contribution in [0.5, 0.6) is 0 Å². The molecule has 0 spiro atoms. The predicted molar refractivity (Wildman–Crippen MR) is 75.2 cm³/mol. The molecule has 0 atom stereocenters. The molecule has 0 bridgehead atoms. The number of hydrogen-bond acceptors (Lipinski definition) is 7. The lowest BCUT2D eigenvalue weighted by Crippen LogP contribution is -2.08. The third kappa shape index (κ3) is 2.48. The Balaban J connectivity index is 1.87. The number of aromatic amines is 1. The highest BCUT2D eigenvalue weighted by atomic mass is 15.2. The molecule has 0 aliphatic carbocycles. The number of aromatic nitrogens is 6. The van der Waals surface area contributed by atoms with Crippen molar-refractivity contribution in [3.05, 3.63) is 30.4 Å². The fourth-order valence-corrected chi connectivity index (χ4v) is 1.80. The van der Waals surface area contributed by atoms with E-state index in [1.54, 1.807) is 12.5 Å². The van der Waals surface area contributed by atoms with Crippen molar-refractivity contribution >= 4 is 22.9 Å². The molecule has 0 aliphatic rings. The third-order valence-electron chi connectivity index (χ3n) is 2.69. The summed E-state index contributed by atoms with van der Waals surface area (Å²) in [5.74, 6) is 1.24. The first-order valence-electron chi connectivity index (χ1n) is 6.32. The smallest absolute Gasteiger partial charge is 0.226 e. The molecule has 3 aromatic rings. The zero-order chi connectivity index (χ0) is 13.8. The summed E-state index contributed by atoms with van der Waals surface area (Å²) in [6.07, 6.45) is 3.24. The van der Waals surface area contributed by atoms with Gasteiger partial charge in [0.1, 0.15) is 5.52 Å². The minimum Gasteiger partial charge on any atom is -0.362 e. The van der Waals surface area contributed by atoms with Crippen LogP contribution in [0, 0.1) is 0 Å². The molecule has 0 aliphatic heterocycles. The number of fused-ring (bicyclic) bond motifs is 1. The second-order valence-corrected chi connectivity index (χ2v) is 4.10. The summed E-state index contributed by atoms with van der Waals surface area (Å²) in [5.41, 5.74) is 2.23. The van der Waals surface area contributed by atoms with Crippen molar-refractivity contribution in [1.29, 1.82) is 0 Å². The van der Waals surface area contributed by atoms with Crippen molar-refractivity contribution in [3.63, 3.8) is 0 Å². The number of imidazole rings is 1. The monoisotopic (exact) mass is 270 g/mol. The Bertz CT molecular complexity index is 693. The van der Waals surface area contributed by atoms with Crippen molar-refractivity contribution in [2.75, 3.05) is 17.2 Å². The quantitative estimate of drug-likeness (QED) is 0.639. The number of nitrogens with one attached hydrogen (secondary N) is 3. The van der Waals surface area contributed by atoms with Crippen LogP contribution in [0.1, 0.15) is 12.6 Å². The molecule has 0 radical (unpaired) electrons. The Morgan fingerprint density at radius 3 is 3.00 bits per heavy atom. The molecule has 20 heavy (non-hydrogen) atoms. The first-order chi connectivity index (χ1) is 9.86. The van der Waals surface area contributed by atoms with Gasteiger partial charge in [-0.1, -0.05) is 0 Å². The second kappa shape index (κ2) is 5.47. The van der Waals surface area contributed by atoms with Gasteiger partial charge in [0.05, 0.1) is 18.6 Å². The van der Waals surface area contributed by atoms with Crippen molar-refractivity contribution < 1.29 is 0 Å². The fraction of sp³-hybridized carbons (Fsp3) is 0.250. The van der Waals surface area contributed by atoms with Crippen LogP contribution in [0.25, 0.3) is 11.2 Å². The molecule has 3 N–H and O–H groups in total. The van der Waals surface area contributed by atoms with Crippen LogP contribution in [-0.4, -0.2) is 36.7 Å². The van der Waals surface area contributed by atoms with Gasteiger partial charge < -0.3 is 15.6 Å². The summed E-state index contributed by atoms with van der Waals surface area (Å²) in [7, 11) is 0. The lowest BCUT2D eigenvalue weighted by molar-refractivity contribution is 0.920. The SMILES string of the molecule is CCNc1nc(NCc2cccnn2)c2[nH]cnc2n1. The average Bonchev–Trinajstić information content (AvgIpc) is 2.95. The Morgan fingerprint density at radius 2 is 2.20 bits per heavy atom. The maximum Gasteiger partial charge on any atom is 0.226 e. The summed E-state index contributed by atoms with van der Waals surface area (Å²) in [4.78, 5) is 15.9. The van der Waals surface area contributed by atoms with Crippen LogP contribution in [0.2, 0.25) is 0 Å². The number of anilines is 2. The van der Waals surface area contributed by atoms with Gasteiger partial charge in [0.15, 0.2) is 11.5 Å². The molecule has 0 fully saturated rings. The summed E-state index contributed by atoms with van der Waals surface area (Å²) in [6, 6.07) is 3.75. The molecule has 0 amide bonds. The van der Waals surface area contributed by atoms with Gasteiger partial charge in [-0.05, 0) is 19.1 Å². The van der Waals surface area contributed by atoms with E-state index < -0.39 is 0 Å². The van der Waals surface area contributed by atoms with Crippen molar-refractivity contribution in [3.8, 4) is 0 Å². The predicted octanol–water partition coefficient (Wildman–Crippen LogP) is 1.19. The van der Waals surface area contributed by atoms with Crippen molar-refractivity contribution in [2.24, 2.45) is 0 Å². The van der Waals surface area contributed by atoms with Gasteiger partial charge in [-0.3, -0.25) is 0 Å². The largest absolute Gasteiger partial charge is 0.362 e. The van der Waals surface area contributed by atoms with Gasteiger partial charge >= 0.3 is 0 Å². The van der Waals surface area contributed by atoms with E-state index in [1.807, 2.05) is 19.1 Å². The van der Waals surface area contributed by atoms with E-state index in [0.29, 0.717) is 24.0 Å². The first-order valence-corrected chi connectivity index (χ1v) is 6.32. The van der Waals surface area contributed by atoms with Gasteiger partial charge in [0, 0.05) is 12.7 Å². The lowest BCUT2D eigenvalue weighted by atomic mass is 10.4. The Morgan fingerprint density at radius 1 is 1.25 bits per heavy atom. The molecule has 0 aromatic carbocycles. The van der Waals surface area contributed by atoms with E-state index in [2.05, 4.69) is 40.8 Å². The van der Waals surface area contributed by atoms with Crippen LogP contribution in [0.15, 0.2) is 24.7 Å². The maximum atomic E-state index is 4.43. The topological polar surface area (TPSA) is 104 Å². The number of hydrogen-bond donors (Lipinski definition) is 3. The number of rotatable bonds is 5. The summed E-state index contributed by atoms with van der Waals surface area (Å²) < 4.78 is 0. The van der Waals surface area contributed by atoms with E-state index in [1.165, 1.54) is 0 Å². The van der Waals surface area contributed by atoms with Crippen LogP contribution < -0.4 is 10.6 Å². The molecule has 3 aromatic heterocycles. The van der Waals surface area contributed by atoms with Gasteiger partial charge in [-0.25, -0.2) is 4.98 Å². The normalized spacial score (nSPS) is 10.7. The fourth-order valence-electron chi connectivity index (χ4n) is 1.80. The maximum absolute atomic E-state index is 4.43. The Kier molecular flexibility index (Phi) is 3.36. The zero-order valence-corrected chi connectivity index (χ0v) is 11.0. The minimum absolute atomic E-state index is 0.532. The van der Waals surface area contributed by atoms with E-state index >= 15 is 0 Å².